The van der Waals surface area contributed by atoms with Crippen molar-refractivity contribution < 1.29 is 38.3 Å². The molecule has 22 heteroatoms. The van der Waals surface area contributed by atoms with Crippen LogP contribution in [0.15, 0.2) is 4.82 Å². The minimum absolute atomic E-state index is 0.570. The highest BCUT2D eigenvalue weighted by Crippen LogP contribution is 2.51. The fourth-order valence-electron chi connectivity index (χ4n) is 5.11. The van der Waals surface area contributed by atoms with E-state index in [1.807, 2.05) is 0 Å². The summed E-state index contributed by atoms with van der Waals surface area (Å²) in [5, 5.41) is 1.41. The van der Waals surface area contributed by atoms with E-state index >= 15 is 0 Å². The lowest BCUT2D eigenvalue weighted by Crippen LogP contribution is -2.66. The summed E-state index contributed by atoms with van der Waals surface area (Å²) < 4.78 is 66.1. The largest absolute Gasteiger partial charge is 0.542 e. The van der Waals surface area contributed by atoms with E-state index in [1.165, 1.54) is 0 Å². The summed E-state index contributed by atoms with van der Waals surface area (Å²) in [5.74, 6) is 2.36. The molecule has 1 aromatic rings. The van der Waals surface area contributed by atoms with E-state index < -0.39 is 92.9 Å². The molecule has 0 saturated carbocycles. The molecule has 0 heterocycles. The van der Waals surface area contributed by atoms with Gasteiger partial charge in [0, 0.05) is 10.4 Å². The van der Waals surface area contributed by atoms with Gasteiger partial charge >= 0.3 is 18.1 Å². The molecule has 0 aromatic heterocycles. The Balaban J connectivity index is 5.37. The molecule has 0 aliphatic carbocycles. The minimum Gasteiger partial charge on any atom is -0.542 e. The molecule has 1 aromatic carbocycles. The van der Waals surface area contributed by atoms with E-state index in [4.69, 9.17) is 38.3 Å². The average Bonchev–Trinajstić information content (AvgIpc) is 2.80. The van der Waals surface area contributed by atoms with Crippen molar-refractivity contribution in [3.63, 3.8) is 0 Å². The highest BCUT2D eigenvalue weighted by Gasteiger charge is 2.59. The van der Waals surface area contributed by atoms with Crippen molar-refractivity contribution in [2.24, 2.45) is 0 Å². The van der Waals surface area contributed by atoms with Crippen LogP contribution in [0, 0.1) is 0 Å². The van der Waals surface area contributed by atoms with Gasteiger partial charge in [0.15, 0.2) is 58.8 Å². The van der Waals surface area contributed by atoms with Crippen molar-refractivity contribution in [2.45, 2.75) is 177 Å². The molecule has 327 valence electrons. The van der Waals surface area contributed by atoms with Crippen molar-refractivity contribution in [1.82, 2.24) is 0 Å². The molecule has 0 atom stereocenters. The van der Waals surface area contributed by atoms with Crippen molar-refractivity contribution in [3.05, 3.63) is 10.4 Å². The van der Waals surface area contributed by atoms with E-state index in [0.29, 0.717) is 33.4 Å². The molecule has 0 fully saturated rings. The molecule has 0 N–H and O–H groups in total. The molecular weight excluding hydrogens is 929 g/mol. The summed E-state index contributed by atoms with van der Waals surface area (Å²) in [7, 11) is -18.6. The Kier molecular flexibility index (Phi) is 18.5. The van der Waals surface area contributed by atoms with Crippen LogP contribution >= 0.6 is 0 Å². The summed E-state index contributed by atoms with van der Waals surface area (Å²) in [6, 6.07) is 0. The van der Waals surface area contributed by atoms with Crippen LogP contribution in [-0.2, 0) is 20.6 Å². The SMILES string of the molecule is C[Si](C)(C)Oc1c([Si])c(C([Si])=C([Si](O[Si](C)(C)C)O[Si](C)(C)C)[Si](O[Si](C)(C)C)(O[Si](C)(C)C)O[Si](C)(C)C)c(O[Si](C)(C)C)c(O[Si](C)(C)C)c1O[Si](C)(C)C. The first-order valence-corrected chi connectivity index (χ1v) is 54.9. The average molecular weight is 1010 g/mol. The molecule has 9 nitrogen and oxygen atoms in total. The third-order valence-corrected chi connectivity index (χ3v) is 30.8. The predicted molar refractivity (Wildman–Crippen MR) is 274 cm³/mol. The summed E-state index contributed by atoms with van der Waals surface area (Å²) in [6.45, 7) is 59.5. The fraction of sp³-hybridized carbons (Fsp3) is 0.771. The van der Waals surface area contributed by atoms with Crippen molar-refractivity contribution >= 4 is 124 Å². The van der Waals surface area contributed by atoms with Gasteiger partial charge in [-0.2, -0.15) is 0 Å². The first-order valence-electron chi connectivity index (χ1n) is 20.2. The molecule has 1 rings (SSSR count). The Bertz CT molecular complexity index is 1500. The second-order valence-corrected chi connectivity index (χ2v) is 70.7. The van der Waals surface area contributed by atoms with Crippen molar-refractivity contribution in [3.8, 4) is 23.0 Å². The van der Waals surface area contributed by atoms with Crippen LogP contribution in [0.5, 0.6) is 23.0 Å². The van der Waals surface area contributed by atoms with E-state index in [1.54, 1.807) is 0 Å². The van der Waals surface area contributed by atoms with Crippen LogP contribution in [0.1, 0.15) is 5.56 Å². The molecule has 0 unspecified atom stereocenters. The number of hydrogen-bond donors (Lipinski definition) is 0. The molecule has 0 bridgehead atoms. The van der Waals surface area contributed by atoms with Gasteiger partial charge < -0.3 is 38.3 Å². The van der Waals surface area contributed by atoms with Gasteiger partial charge in [-0.3, -0.25) is 0 Å². The predicted octanol–water partition coefficient (Wildman–Crippen LogP) is 11.0. The minimum atomic E-state index is -3.92. The lowest BCUT2D eigenvalue weighted by molar-refractivity contribution is 0.266. The number of rotatable bonds is 21. The van der Waals surface area contributed by atoms with E-state index in [9.17, 15) is 0 Å². The fourth-order valence-corrected chi connectivity index (χ4v) is 32.3. The first kappa shape index (κ1) is 55.8. The zero-order valence-corrected chi connectivity index (χ0v) is 54.2. The quantitative estimate of drug-likeness (QED) is 0.112. The molecule has 0 spiro atoms. The molecule has 7 radical (unpaired) electrons. The third-order valence-electron chi connectivity index (χ3n) is 6.09. The van der Waals surface area contributed by atoms with Gasteiger partial charge in [0.05, 0.1) is 20.5 Å². The maximum Gasteiger partial charge on any atom is 0.501 e. The highest BCUT2D eigenvalue weighted by molar-refractivity contribution is 7.03. The summed E-state index contributed by atoms with van der Waals surface area (Å²) in [5.41, 5.74) is 0.737. The number of hydrogen-bond acceptors (Lipinski definition) is 9. The Morgan fingerprint density at radius 2 is 0.632 bits per heavy atom. The molecular formula is C35H81O9Si13. The third kappa shape index (κ3) is 20.7. The molecule has 0 amide bonds. The van der Waals surface area contributed by atoms with Gasteiger partial charge in [-0.25, -0.2) is 0 Å². The summed E-state index contributed by atoms with van der Waals surface area (Å²) >= 11 is 0. The molecule has 0 aliphatic rings. The topological polar surface area (TPSA) is 83.1 Å². The molecule has 57 heavy (non-hydrogen) atoms. The van der Waals surface area contributed by atoms with E-state index in [-0.39, 0.29) is 0 Å². The maximum atomic E-state index is 7.58. The van der Waals surface area contributed by atoms with Gasteiger partial charge in [-0.1, -0.05) is 5.20 Å². The zero-order valence-electron chi connectivity index (χ0n) is 41.2. The van der Waals surface area contributed by atoms with Crippen LogP contribution < -0.4 is 22.9 Å². The van der Waals surface area contributed by atoms with Crippen molar-refractivity contribution in [2.75, 3.05) is 0 Å². The normalized spacial score (nSPS) is 15.2. The van der Waals surface area contributed by atoms with E-state index in [2.05, 4.69) is 197 Å². The zero-order chi connectivity index (χ0) is 45.6. The van der Waals surface area contributed by atoms with Gasteiger partial charge in [0.2, 0.25) is 33.3 Å². The molecule has 0 saturated heterocycles. The number of benzene rings is 1. The van der Waals surface area contributed by atoms with Crippen LogP contribution in [0.25, 0.3) is 5.20 Å². The van der Waals surface area contributed by atoms with Crippen LogP contribution in [0.3, 0.4) is 0 Å². The highest BCUT2D eigenvalue weighted by atomic mass is 28.5. The van der Waals surface area contributed by atoms with Crippen molar-refractivity contribution in [1.29, 1.82) is 0 Å². The monoisotopic (exact) mass is 1010 g/mol. The van der Waals surface area contributed by atoms with E-state index in [0.717, 1.165) is 10.4 Å². The second kappa shape index (κ2) is 18.9. The molecule has 0 aliphatic heterocycles. The van der Waals surface area contributed by atoms with Gasteiger partial charge in [-0.15, -0.1) is 0 Å². The maximum absolute atomic E-state index is 7.58. The summed E-state index contributed by atoms with van der Waals surface area (Å²) in [4.78, 5) is 0.818. The summed E-state index contributed by atoms with van der Waals surface area (Å²) in [6.07, 6.45) is 0. The van der Waals surface area contributed by atoms with Gasteiger partial charge in [0.1, 0.15) is 5.75 Å². The lowest BCUT2D eigenvalue weighted by atomic mass is 10.1. The Hall–Kier alpha value is 0.779. The Labute approximate surface area is 369 Å². The van der Waals surface area contributed by atoms with Crippen LogP contribution in [0.4, 0.5) is 0 Å². The van der Waals surface area contributed by atoms with Crippen LogP contribution in [-0.4, -0.2) is 113 Å². The van der Waals surface area contributed by atoms with Gasteiger partial charge in [0.25, 0.3) is 0 Å². The first-order chi connectivity index (χ1) is 24.6. The Morgan fingerprint density at radius 1 is 0.368 bits per heavy atom. The van der Waals surface area contributed by atoms with Crippen LogP contribution in [0.2, 0.25) is 177 Å². The smallest absolute Gasteiger partial charge is 0.501 e. The Morgan fingerprint density at radius 3 is 0.895 bits per heavy atom. The second-order valence-electron chi connectivity index (χ2n) is 23.6. The lowest BCUT2D eigenvalue weighted by Gasteiger charge is -2.46. The van der Waals surface area contributed by atoms with Gasteiger partial charge in [-0.05, 0) is 182 Å². The standard InChI is InChI=1S/C35H81O9Si13/c1-48(2,3)36-29-28(33(45)32(39-51(10,11)12)31(38-50(7,8)9)30(29)37-49(4,5)6)34(46)35(47(40-52(13,14)15)41-53(16,17)18)57(42-54(19,20)21,43-55(22,23)24)44-56(25,26)27/h1-27H3.